The van der Waals surface area contributed by atoms with Gasteiger partial charge in [-0.15, -0.1) is 10.2 Å². The molecule has 0 aliphatic carbocycles. The zero-order chi connectivity index (χ0) is 19.2. The molecule has 146 valence electrons. The first-order valence-electron chi connectivity index (χ1n) is 9.57. The zero-order valence-electron chi connectivity index (χ0n) is 16.2. The normalized spacial score (nSPS) is 17.8. The Morgan fingerprint density at radius 2 is 2.07 bits per heavy atom. The molecule has 0 radical (unpaired) electrons. The number of hydrogen-bond donors (Lipinski definition) is 1. The second kappa shape index (κ2) is 9.10. The Hall–Kier alpha value is -2.25. The lowest BCUT2D eigenvalue weighted by Gasteiger charge is -2.32. The van der Waals surface area contributed by atoms with Gasteiger partial charge in [0, 0.05) is 46.1 Å². The third kappa shape index (κ3) is 4.93. The predicted octanol–water partition coefficient (Wildman–Crippen LogP) is 1.54. The smallest absolute Gasteiger partial charge is 0.223 e. The molecule has 7 nitrogen and oxygen atoms in total. The van der Waals surface area contributed by atoms with Gasteiger partial charge >= 0.3 is 0 Å². The number of carbonyl (C=O) groups is 1. The fourth-order valence-corrected chi connectivity index (χ4v) is 3.73. The van der Waals surface area contributed by atoms with Crippen molar-refractivity contribution in [1.82, 2.24) is 24.6 Å². The molecule has 1 aliphatic heterocycles. The lowest BCUT2D eigenvalue weighted by Crippen LogP contribution is -2.38. The molecule has 1 fully saturated rings. The van der Waals surface area contributed by atoms with Crippen LogP contribution in [-0.4, -0.2) is 62.3 Å². The number of benzene rings is 1. The van der Waals surface area contributed by atoms with E-state index in [-0.39, 0.29) is 12.5 Å². The first kappa shape index (κ1) is 19.5. The number of hydrogen-bond acceptors (Lipinski definition) is 5. The van der Waals surface area contributed by atoms with Crippen molar-refractivity contribution < 1.29 is 9.90 Å². The predicted molar refractivity (Wildman–Crippen MR) is 103 cm³/mol. The average molecular weight is 371 g/mol. The summed E-state index contributed by atoms with van der Waals surface area (Å²) in [7, 11) is 3.77. The Morgan fingerprint density at radius 1 is 1.30 bits per heavy atom. The highest BCUT2D eigenvalue weighted by molar-refractivity contribution is 5.76. The fraction of sp³-hybridized carbons (Fsp3) is 0.550. The number of carbonyl (C=O) groups excluding carboxylic acids is 1. The van der Waals surface area contributed by atoms with Crippen LogP contribution in [0.4, 0.5) is 0 Å². The van der Waals surface area contributed by atoms with E-state index in [1.54, 1.807) is 4.90 Å². The first-order chi connectivity index (χ1) is 13.1. The molecule has 27 heavy (non-hydrogen) atoms. The van der Waals surface area contributed by atoms with Gasteiger partial charge < -0.3 is 19.5 Å². The Balaban J connectivity index is 1.50. The molecule has 0 bridgehead atoms. The van der Waals surface area contributed by atoms with Gasteiger partial charge in [-0.25, -0.2) is 0 Å². The molecule has 1 aromatic carbocycles. The largest absolute Gasteiger partial charge is 0.388 e. The number of rotatable bonds is 7. The van der Waals surface area contributed by atoms with Crippen molar-refractivity contribution in [3.63, 3.8) is 0 Å². The molecule has 0 spiro atoms. The maximum Gasteiger partial charge on any atom is 0.223 e. The number of piperidine rings is 1. The van der Waals surface area contributed by atoms with E-state index in [1.165, 1.54) is 0 Å². The molecule has 1 saturated heterocycles. The van der Waals surface area contributed by atoms with Crippen molar-refractivity contribution in [3.05, 3.63) is 47.5 Å². The van der Waals surface area contributed by atoms with Gasteiger partial charge in [-0.05, 0) is 24.9 Å². The van der Waals surface area contributed by atoms with Crippen LogP contribution in [0, 0.1) is 0 Å². The topological polar surface area (TPSA) is 74.5 Å². The second-order valence-electron chi connectivity index (χ2n) is 7.32. The fourth-order valence-electron chi connectivity index (χ4n) is 3.73. The maximum absolute atomic E-state index is 12.5. The van der Waals surface area contributed by atoms with Crippen molar-refractivity contribution in [2.45, 2.75) is 38.3 Å². The van der Waals surface area contributed by atoms with E-state index >= 15 is 0 Å². The summed E-state index contributed by atoms with van der Waals surface area (Å²) in [4.78, 5) is 16.6. The highest BCUT2D eigenvalue weighted by atomic mass is 16.3. The number of likely N-dealkylation sites (tertiary alicyclic amines) is 1. The van der Waals surface area contributed by atoms with Crippen LogP contribution in [0.5, 0.6) is 0 Å². The van der Waals surface area contributed by atoms with Crippen molar-refractivity contribution >= 4 is 5.91 Å². The lowest BCUT2D eigenvalue weighted by molar-refractivity contribution is -0.130. The monoisotopic (exact) mass is 371 g/mol. The van der Waals surface area contributed by atoms with Gasteiger partial charge in [0.1, 0.15) is 12.4 Å². The highest BCUT2D eigenvalue weighted by Crippen LogP contribution is 2.25. The Kier molecular flexibility index (Phi) is 6.58. The van der Waals surface area contributed by atoms with Gasteiger partial charge in [0.25, 0.3) is 0 Å². The molecule has 3 rings (SSSR count). The molecule has 0 unspecified atom stereocenters. The van der Waals surface area contributed by atoms with Gasteiger partial charge in [0.2, 0.25) is 5.91 Å². The summed E-state index contributed by atoms with van der Waals surface area (Å²) in [6.07, 6.45) is 2.67. The Bertz CT molecular complexity index is 746. The van der Waals surface area contributed by atoms with E-state index in [4.69, 9.17) is 0 Å². The number of aromatic nitrogens is 3. The average Bonchev–Trinajstić information content (AvgIpc) is 3.07. The summed E-state index contributed by atoms with van der Waals surface area (Å²) < 4.78 is 1.90. The van der Waals surface area contributed by atoms with E-state index in [0.29, 0.717) is 24.7 Å². The minimum atomic E-state index is -0.0951. The summed E-state index contributed by atoms with van der Waals surface area (Å²) in [6.45, 7) is 3.20. The molecule has 1 atom stereocenters. The van der Waals surface area contributed by atoms with E-state index < -0.39 is 0 Å². The second-order valence-corrected chi connectivity index (χ2v) is 7.32. The van der Waals surface area contributed by atoms with Gasteiger partial charge in [-0.3, -0.25) is 4.79 Å². The molecule has 2 heterocycles. The summed E-state index contributed by atoms with van der Waals surface area (Å²) in [5, 5.41) is 17.6. The molecule has 7 heteroatoms. The molecule has 2 aromatic rings. The van der Waals surface area contributed by atoms with Crippen LogP contribution in [0.1, 0.15) is 42.4 Å². The van der Waals surface area contributed by atoms with Crippen molar-refractivity contribution in [3.8, 4) is 0 Å². The van der Waals surface area contributed by atoms with Crippen LogP contribution in [0.3, 0.4) is 0 Å². The minimum Gasteiger partial charge on any atom is -0.388 e. The van der Waals surface area contributed by atoms with E-state index in [1.807, 2.05) is 49.0 Å². The van der Waals surface area contributed by atoms with Gasteiger partial charge in [0.15, 0.2) is 5.82 Å². The quantitative estimate of drug-likeness (QED) is 0.799. The van der Waals surface area contributed by atoms with Gasteiger partial charge in [-0.1, -0.05) is 30.3 Å². The standard InChI is InChI=1S/C20H29N5O2/c1-23(13-16-7-4-3-5-8-16)19(27)10-12-25-11-6-9-17(14-25)20-22-21-18(15-26)24(20)2/h3-5,7-8,17,26H,6,9-15H2,1-2H3/t17-/m1/s1. The molecule has 1 N–H and O–H groups in total. The van der Waals surface area contributed by atoms with Crippen molar-refractivity contribution in [2.75, 3.05) is 26.7 Å². The lowest BCUT2D eigenvalue weighted by atomic mass is 9.97. The van der Waals surface area contributed by atoms with Gasteiger partial charge in [-0.2, -0.15) is 0 Å². The van der Waals surface area contributed by atoms with Crippen LogP contribution in [0.15, 0.2) is 30.3 Å². The third-order valence-electron chi connectivity index (χ3n) is 5.34. The molecular formula is C20H29N5O2. The Morgan fingerprint density at radius 3 is 2.78 bits per heavy atom. The van der Waals surface area contributed by atoms with Crippen molar-refractivity contribution in [1.29, 1.82) is 0 Å². The molecule has 1 aromatic heterocycles. The summed E-state index contributed by atoms with van der Waals surface area (Å²) in [6, 6.07) is 10.1. The number of aliphatic hydroxyl groups excluding tert-OH is 1. The van der Waals surface area contributed by atoms with Crippen LogP contribution in [-0.2, 0) is 25.0 Å². The summed E-state index contributed by atoms with van der Waals surface area (Å²) in [5.74, 6) is 1.99. The van der Waals surface area contributed by atoms with E-state index in [0.717, 1.165) is 43.9 Å². The maximum atomic E-state index is 12.5. The van der Waals surface area contributed by atoms with E-state index in [2.05, 4.69) is 15.1 Å². The Labute approximate surface area is 160 Å². The molecular weight excluding hydrogens is 342 g/mol. The molecule has 1 aliphatic rings. The number of amides is 1. The minimum absolute atomic E-state index is 0.0951. The molecule has 1 amide bonds. The van der Waals surface area contributed by atoms with Gasteiger partial charge in [0.05, 0.1) is 0 Å². The van der Waals surface area contributed by atoms with Crippen LogP contribution in [0.25, 0.3) is 0 Å². The zero-order valence-corrected chi connectivity index (χ0v) is 16.2. The van der Waals surface area contributed by atoms with Crippen LogP contribution >= 0.6 is 0 Å². The summed E-state index contributed by atoms with van der Waals surface area (Å²) >= 11 is 0. The highest BCUT2D eigenvalue weighted by Gasteiger charge is 2.26. The number of aliphatic hydroxyl groups is 1. The summed E-state index contributed by atoms with van der Waals surface area (Å²) in [5.41, 5.74) is 1.15. The van der Waals surface area contributed by atoms with Crippen molar-refractivity contribution in [2.24, 2.45) is 7.05 Å². The van der Waals surface area contributed by atoms with Crippen LogP contribution < -0.4 is 0 Å². The third-order valence-corrected chi connectivity index (χ3v) is 5.34. The first-order valence-corrected chi connectivity index (χ1v) is 9.57. The van der Waals surface area contributed by atoms with Crippen LogP contribution in [0.2, 0.25) is 0 Å². The van der Waals surface area contributed by atoms with E-state index in [9.17, 15) is 9.90 Å². The SMILES string of the molecule is CN(Cc1ccccc1)C(=O)CCN1CCC[C@@H](c2nnc(CO)n2C)C1. The molecule has 0 saturated carbocycles. The number of nitrogens with zero attached hydrogens (tertiary/aromatic N) is 5.